The standard InChI is InChI=1S/C13H13N5S/c1-8-7-19-12(16-8)10(6-14)11-4-5-15-13(18-11)17-9-2-3-9/h4-5,7,9,16H,2-3H2,1H3,(H,15,17,18)/b12-10-. The van der Waals surface area contributed by atoms with Crippen LogP contribution in [0.5, 0.6) is 0 Å². The Morgan fingerprint density at radius 1 is 1.58 bits per heavy atom. The zero-order valence-corrected chi connectivity index (χ0v) is 11.3. The molecule has 3 rings (SSSR count). The summed E-state index contributed by atoms with van der Waals surface area (Å²) in [5, 5.41) is 18.6. The number of nitrogens with zero attached hydrogens (tertiary/aromatic N) is 3. The number of nitrogens with one attached hydrogen (secondary N) is 2. The molecule has 0 amide bonds. The molecular weight excluding hydrogens is 258 g/mol. The van der Waals surface area contributed by atoms with E-state index in [9.17, 15) is 5.26 Å². The van der Waals surface area contributed by atoms with Crippen molar-refractivity contribution >= 4 is 23.3 Å². The third-order valence-corrected chi connectivity index (χ3v) is 3.84. The Balaban J connectivity index is 1.89. The summed E-state index contributed by atoms with van der Waals surface area (Å²) in [6, 6.07) is 4.48. The first kappa shape index (κ1) is 12.1. The van der Waals surface area contributed by atoms with Gasteiger partial charge in [-0.1, -0.05) is 11.8 Å². The van der Waals surface area contributed by atoms with Gasteiger partial charge in [0, 0.05) is 17.9 Å². The van der Waals surface area contributed by atoms with E-state index < -0.39 is 0 Å². The Hall–Kier alpha value is -2.00. The number of thioether (sulfide) groups is 1. The zero-order chi connectivity index (χ0) is 13.2. The van der Waals surface area contributed by atoms with E-state index in [0.717, 1.165) is 10.7 Å². The summed E-state index contributed by atoms with van der Waals surface area (Å²) in [5.41, 5.74) is 2.25. The van der Waals surface area contributed by atoms with Gasteiger partial charge in [0.2, 0.25) is 5.95 Å². The molecule has 1 aliphatic carbocycles. The molecule has 1 fully saturated rings. The number of allylic oxidation sites excluding steroid dienone is 2. The van der Waals surface area contributed by atoms with E-state index >= 15 is 0 Å². The van der Waals surface area contributed by atoms with Crippen LogP contribution in [0.15, 0.2) is 28.4 Å². The average molecular weight is 271 g/mol. The molecule has 6 heteroatoms. The Bertz CT molecular complexity index is 610. The monoisotopic (exact) mass is 271 g/mol. The maximum Gasteiger partial charge on any atom is 0.223 e. The van der Waals surface area contributed by atoms with Crippen LogP contribution in [-0.4, -0.2) is 16.0 Å². The highest BCUT2D eigenvalue weighted by atomic mass is 32.2. The van der Waals surface area contributed by atoms with Crippen molar-refractivity contribution in [1.82, 2.24) is 15.3 Å². The second-order valence-electron chi connectivity index (χ2n) is 4.54. The number of hydrogen-bond acceptors (Lipinski definition) is 6. The van der Waals surface area contributed by atoms with Gasteiger partial charge in [-0.3, -0.25) is 0 Å². The minimum atomic E-state index is 0.497. The molecule has 0 aromatic carbocycles. The van der Waals surface area contributed by atoms with Gasteiger partial charge in [-0.2, -0.15) is 5.26 Å². The first-order valence-corrected chi connectivity index (χ1v) is 6.99. The smallest absolute Gasteiger partial charge is 0.223 e. The van der Waals surface area contributed by atoms with Crippen molar-refractivity contribution in [2.75, 3.05) is 5.32 Å². The van der Waals surface area contributed by atoms with Gasteiger partial charge >= 0.3 is 0 Å². The molecule has 2 N–H and O–H groups in total. The van der Waals surface area contributed by atoms with Crippen molar-refractivity contribution in [2.45, 2.75) is 25.8 Å². The zero-order valence-electron chi connectivity index (χ0n) is 10.5. The molecule has 0 unspecified atom stereocenters. The number of nitriles is 1. The van der Waals surface area contributed by atoms with Crippen molar-refractivity contribution < 1.29 is 0 Å². The highest BCUT2D eigenvalue weighted by molar-refractivity contribution is 8.06. The van der Waals surface area contributed by atoms with Gasteiger partial charge in [0.05, 0.1) is 10.7 Å². The quantitative estimate of drug-likeness (QED) is 0.823. The second kappa shape index (κ2) is 4.94. The summed E-state index contributed by atoms with van der Waals surface area (Å²) in [6.45, 7) is 1.97. The molecule has 1 saturated carbocycles. The lowest BCUT2D eigenvalue weighted by Gasteiger charge is -2.07. The Morgan fingerprint density at radius 2 is 2.42 bits per heavy atom. The summed E-state index contributed by atoms with van der Waals surface area (Å²) in [6.07, 6.45) is 4.02. The van der Waals surface area contributed by atoms with Crippen LogP contribution < -0.4 is 10.6 Å². The molecule has 0 saturated heterocycles. The van der Waals surface area contributed by atoms with Crippen LogP contribution in [0.25, 0.3) is 5.57 Å². The van der Waals surface area contributed by atoms with Crippen LogP contribution in [0.3, 0.4) is 0 Å². The lowest BCUT2D eigenvalue weighted by Crippen LogP contribution is -2.08. The normalized spacial score (nSPS) is 20.3. The van der Waals surface area contributed by atoms with Gasteiger partial charge in [0.15, 0.2) is 0 Å². The summed E-state index contributed by atoms with van der Waals surface area (Å²) >= 11 is 1.51. The van der Waals surface area contributed by atoms with Gasteiger partial charge in [-0.15, -0.1) is 0 Å². The fraction of sp³-hybridized carbons (Fsp3) is 0.308. The van der Waals surface area contributed by atoms with Gasteiger partial charge < -0.3 is 10.6 Å². The molecule has 1 aromatic rings. The van der Waals surface area contributed by atoms with Gasteiger partial charge in [0.25, 0.3) is 0 Å². The van der Waals surface area contributed by atoms with E-state index in [4.69, 9.17) is 0 Å². The molecule has 2 heterocycles. The summed E-state index contributed by atoms with van der Waals surface area (Å²) < 4.78 is 0. The molecule has 96 valence electrons. The van der Waals surface area contributed by atoms with E-state index in [0.29, 0.717) is 23.3 Å². The Morgan fingerprint density at radius 3 is 3.05 bits per heavy atom. The summed E-state index contributed by atoms with van der Waals surface area (Å²) in [5.74, 6) is 0.598. The van der Waals surface area contributed by atoms with Gasteiger partial charge in [0.1, 0.15) is 11.6 Å². The first-order valence-electron chi connectivity index (χ1n) is 6.11. The molecule has 1 aliphatic heterocycles. The first-order chi connectivity index (χ1) is 9.26. The minimum Gasteiger partial charge on any atom is -0.352 e. The maximum atomic E-state index is 9.35. The van der Waals surface area contributed by atoms with Crippen LogP contribution in [0.1, 0.15) is 25.5 Å². The predicted octanol–water partition coefficient (Wildman–Crippen LogP) is 2.44. The van der Waals surface area contributed by atoms with Crippen LogP contribution in [0.2, 0.25) is 0 Å². The number of rotatable bonds is 3. The van der Waals surface area contributed by atoms with E-state index in [1.807, 2.05) is 12.3 Å². The minimum absolute atomic E-state index is 0.497. The fourth-order valence-electron chi connectivity index (χ4n) is 1.71. The molecule has 5 nitrogen and oxygen atoms in total. The second-order valence-corrected chi connectivity index (χ2v) is 5.42. The maximum absolute atomic E-state index is 9.35. The van der Waals surface area contributed by atoms with Crippen molar-refractivity contribution in [2.24, 2.45) is 0 Å². The number of anilines is 1. The third-order valence-electron chi connectivity index (χ3n) is 2.83. The van der Waals surface area contributed by atoms with Gasteiger partial charge in [-0.05, 0) is 31.2 Å². The number of aromatic nitrogens is 2. The lowest BCUT2D eigenvalue weighted by molar-refractivity contribution is 1.04. The van der Waals surface area contributed by atoms with E-state index in [2.05, 4.69) is 26.7 Å². The molecule has 0 bridgehead atoms. The van der Waals surface area contributed by atoms with Crippen LogP contribution >= 0.6 is 11.8 Å². The average Bonchev–Trinajstić information content (AvgIpc) is 3.12. The third kappa shape index (κ3) is 2.71. The molecule has 0 spiro atoms. The van der Waals surface area contributed by atoms with Gasteiger partial charge in [-0.25, -0.2) is 9.97 Å². The molecule has 0 atom stereocenters. The largest absolute Gasteiger partial charge is 0.352 e. The van der Waals surface area contributed by atoms with Crippen molar-refractivity contribution in [3.8, 4) is 6.07 Å². The predicted molar refractivity (Wildman–Crippen MR) is 75.7 cm³/mol. The SMILES string of the molecule is CC1=CS/C(=C(/C#N)c2ccnc(NC3CC3)n2)N1. The molecule has 0 radical (unpaired) electrons. The lowest BCUT2D eigenvalue weighted by atomic mass is 10.2. The Kier molecular flexibility index (Phi) is 3.13. The van der Waals surface area contributed by atoms with Crippen molar-refractivity contribution in [3.05, 3.63) is 34.1 Å². The molecular formula is C13H13N5S. The fourth-order valence-corrected chi connectivity index (χ4v) is 2.55. The van der Waals surface area contributed by atoms with E-state index in [1.165, 1.54) is 24.6 Å². The highest BCUT2D eigenvalue weighted by Gasteiger charge is 2.22. The van der Waals surface area contributed by atoms with Crippen LogP contribution in [-0.2, 0) is 0 Å². The summed E-state index contributed by atoms with van der Waals surface area (Å²) in [7, 11) is 0. The topological polar surface area (TPSA) is 73.6 Å². The van der Waals surface area contributed by atoms with Crippen LogP contribution in [0.4, 0.5) is 5.95 Å². The molecule has 1 aromatic heterocycles. The van der Waals surface area contributed by atoms with E-state index in [-0.39, 0.29) is 0 Å². The molecule has 2 aliphatic rings. The number of hydrogen-bond donors (Lipinski definition) is 2. The van der Waals surface area contributed by atoms with Crippen molar-refractivity contribution in [3.63, 3.8) is 0 Å². The Labute approximate surface area is 115 Å². The molecule has 19 heavy (non-hydrogen) atoms. The van der Waals surface area contributed by atoms with Crippen molar-refractivity contribution in [1.29, 1.82) is 5.26 Å². The van der Waals surface area contributed by atoms with E-state index in [1.54, 1.807) is 12.3 Å². The highest BCUT2D eigenvalue weighted by Crippen LogP contribution is 2.31. The van der Waals surface area contributed by atoms with Crippen LogP contribution in [0, 0.1) is 11.3 Å². The summed E-state index contributed by atoms with van der Waals surface area (Å²) in [4.78, 5) is 8.60.